The van der Waals surface area contributed by atoms with E-state index in [4.69, 9.17) is 18.9 Å². The summed E-state index contributed by atoms with van der Waals surface area (Å²) in [5.74, 6) is 0.566. The van der Waals surface area contributed by atoms with Crippen LogP contribution in [0.15, 0.2) is 147 Å². The van der Waals surface area contributed by atoms with Gasteiger partial charge in [0.2, 0.25) is 0 Å². The average molecular weight is 1180 g/mol. The van der Waals surface area contributed by atoms with Gasteiger partial charge in [0.15, 0.2) is 11.3 Å². The second-order valence-electron chi connectivity index (χ2n) is 20.4. The maximum Gasteiger partial charge on any atom is 0.387 e. The first-order valence-corrected chi connectivity index (χ1v) is 27.4. The lowest BCUT2D eigenvalue weighted by atomic mass is 10.0. The van der Waals surface area contributed by atoms with Gasteiger partial charge in [0.25, 0.3) is 11.8 Å². The van der Waals surface area contributed by atoms with E-state index in [0.29, 0.717) is 34.3 Å². The number of benzene rings is 4. The summed E-state index contributed by atoms with van der Waals surface area (Å²) in [7, 11) is 3.30. The Morgan fingerprint density at radius 1 is 0.593 bits per heavy atom. The number of carbonyl (C=O) groups is 2. The molecule has 0 radical (unpaired) electrons. The lowest BCUT2D eigenvalue weighted by Crippen LogP contribution is -2.48. The van der Waals surface area contributed by atoms with E-state index in [1.54, 1.807) is 69.5 Å². The molecule has 0 bridgehead atoms. The van der Waals surface area contributed by atoms with Gasteiger partial charge in [-0.05, 0) is 110 Å². The van der Waals surface area contributed by atoms with Crippen molar-refractivity contribution in [1.82, 2.24) is 58.6 Å². The van der Waals surface area contributed by atoms with E-state index >= 15 is 0 Å². The molecule has 2 amide bonds. The molecule has 2 saturated heterocycles. The van der Waals surface area contributed by atoms with E-state index in [0.717, 1.165) is 63.0 Å². The Hall–Kier alpha value is -9.76. The fraction of sp³-hybridized carbons (Fsp3) is 0.267. The number of alkyl halides is 4. The van der Waals surface area contributed by atoms with Crippen LogP contribution in [-0.4, -0.2) is 132 Å². The monoisotopic (exact) mass is 1180 g/mol. The summed E-state index contributed by atoms with van der Waals surface area (Å²) in [6, 6.07) is 27.8. The molecule has 4 aromatic carbocycles. The summed E-state index contributed by atoms with van der Waals surface area (Å²) in [6.45, 7) is -2.50. The topological polar surface area (TPSA) is 238 Å². The third-order valence-corrected chi connectivity index (χ3v) is 14.6. The Kier molecular flexibility index (Phi) is 17.6. The summed E-state index contributed by atoms with van der Waals surface area (Å²) in [4.78, 5) is 39.3. The molecule has 86 heavy (non-hydrogen) atoms. The van der Waals surface area contributed by atoms with Crippen LogP contribution in [0.5, 0.6) is 34.5 Å². The minimum Gasteiger partial charge on any atom is -0.457 e. The predicted molar refractivity (Wildman–Crippen MR) is 307 cm³/mol. The van der Waals surface area contributed by atoms with E-state index < -0.39 is 25.0 Å². The van der Waals surface area contributed by atoms with Gasteiger partial charge in [-0.2, -0.15) is 38.0 Å². The SMILES string of the molecule is Cn1cc(NC(=O)c2cnn3cccnc23)c(-c2cc(Oc3ccc(CN4CCCC[C@H]4CO)cc3)ccc2OC(F)F)n1.Cn1cc(NC(=O)c2cnn3cccnc23)c(-c2cc(Oc3ccc(CN4CC[C@H]4CO)cc3)ccc2OC(F)F)n1. The van der Waals surface area contributed by atoms with Crippen LogP contribution < -0.4 is 29.6 Å². The van der Waals surface area contributed by atoms with Gasteiger partial charge in [0.05, 0.1) is 48.1 Å². The van der Waals surface area contributed by atoms with Crippen LogP contribution in [0.25, 0.3) is 33.8 Å². The number of halogens is 4. The summed E-state index contributed by atoms with van der Waals surface area (Å²) in [6.07, 6.45) is 16.6. The van der Waals surface area contributed by atoms with Crippen molar-refractivity contribution in [2.24, 2.45) is 14.1 Å². The number of nitrogens with zero attached hydrogens (tertiary/aromatic N) is 12. The molecule has 10 aromatic rings. The van der Waals surface area contributed by atoms with Crippen LogP contribution >= 0.6 is 0 Å². The molecule has 2 aliphatic heterocycles. The minimum absolute atomic E-state index is 0.130. The molecule has 26 heteroatoms. The van der Waals surface area contributed by atoms with Crippen LogP contribution in [0, 0.1) is 0 Å². The number of piperidine rings is 1. The van der Waals surface area contributed by atoms with Crippen LogP contribution in [-0.2, 0) is 27.2 Å². The standard InChI is InChI=1S/C31H31F2N7O4.C29H27F2N7O4/c1-38-18-26(36-30(42)25-16-35-40-14-4-12-34-29(25)40)28(37-38)24-15-23(10-11-27(24)44-31(32)33)43-22-8-6-20(7-9-22)17-39-13-3-2-5-21(39)19-41;1-36-16-24(34-28(40)23-14-33-38-11-2-10-32-27(23)38)26(35-36)22-13-21(7-8-25(22)42-29(30)31)41-20-5-3-18(4-6-20)15-37-12-9-19(37)17-39/h4,6-12,14-16,18,21,31,41H,2-3,5,13,17,19H2,1H3,(H,36,42);2-8,10-11,13-14,16,19,29,39H,9,12,15,17H2,1H3,(H,34,40)/t21-;19-/m00/s1. The second kappa shape index (κ2) is 26.0. The summed E-state index contributed by atoms with van der Waals surface area (Å²) < 4.78 is 81.0. The number of hydrogen-bond donors (Lipinski definition) is 4. The van der Waals surface area contributed by atoms with E-state index in [-0.39, 0.29) is 81.8 Å². The number of rotatable bonds is 20. The van der Waals surface area contributed by atoms with Gasteiger partial charge in [-0.1, -0.05) is 30.7 Å². The van der Waals surface area contributed by atoms with Crippen molar-refractivity contribution >= 4 is 34.5 Å². The number of aromatic nitrogens is 10. The fourth-order valence-electron chi connectivity index (χ4n) is 10.3. The first-order valence-electron chi connectivity index (χ1n) is 27.4. The molecule has 444 valence electrons. The van der Waals surface area contributed by atoms with Gasteiger partial charge in [-0.3, -0.25) is 28.8 Å². The summed E-state index contributed by atoms with van der Waals surface area (Å²) >= 11 is 0. The van der Waals surface area contributed by atoms with Crippen LogP contribution in [0.2, 0.25) is 0 Å². The number of ether oxygens (including phenoxy) is 4. The number of aliphatic hydroxyl groups is 2. The van der Waals surface area contributed by atoms with Gasteiger partial charge in [0, 0.05) is 83.0 Å². The number of likely N-dealkylation sites (tertiary alicyclic amines) is 2. The maximum absolute atomic E-state index is 13.4. The zero-order chi connectivity index (χ0) is 59.8. The molecule has 2 fully saturated rings. The third-order valence-electron chi connectivity index (χ3n) is 14.6. The lowest BCUT2D eigenvalue weighted by Gasteiger charge is -2.39. The van der Waals surface area contributed by atoms with Gasteiger partial charge in [-0.15, -0.1) is 0 Å². The van der Waals surface area contributed by atoms with Crippen LogP contribution in [0.1, 0.15) is 57.5 Å². The average Bonchev–Trinajstić information content (AvgIpc) is 2.51. The van der Waals surface area contributed by atoms with Gasteiger partial charge < -0.3 is 39.8 Å². The molecule has 22 nitrogen and oxygen atoms in total. The van der Waals surface area contributed by atoms with Crippen LogP contribution in [0.4, 0.5) is 28.9 Å². The van der Waals surface area contributed by atoms with Gasteiger partial charge >= 0.3 is 13.2 Å². The Morgan fingerprint density at radius 2 is 1.03 bits per heavy atom. The molecule has 12 rings (SSSR count). The molecule has 8 heterocycles. The van der Waals surface area contributed by atoms with Crippen LogP contribution in [0.3, 0.4) is 0 Å². The van der Waals surface area contributed by atoms with Gasteiger partial charge in [-0.25, -0.2) is 19.0 Å². The van der Waals surface area contributed by atoms with E-state index in [1.807, 2.05) is 48.5 Å². The summed E-state index contributed by atoms with van der Waals surface area (Å²) in [5, 5.41) is 41.9. The number of anilines is 2. The maximum atomic E-state index is 13.4. The zero-order valence-corrected chi connectivity index (χ0v) is 46.5. The second-order valence-corrected chi connectivity index (χ2v) is 20.4. The molecular formula is C60H58F4N14O8. The molecule has 0 spiro atoms. The van der Waals surface area contributed by atoms with Crippen molar-refractivity contribution in [3.8, 4) is 57.0 Å². The van der Waals surface area contributed by atoms with E-state index in [1.165, 1.54) is 61.1 Å². The number of aryl methyl sites for hydroxylation is 2. The first kappa shape index (κ1) is 58.0. The molecule has 4 N–H and O–H groups in total. The Labute approximate surface area is 488 Å². The third kappa shape index (κ3) is 13.4. The highest BCUT2D eigenvalue weighted by molar-refractivity contribution is 6.10. The summed E-state index contributed by atoms with van der Waals surface area (Å²) in [5.41, 5.74) is 4.72. The first-order chi connectivity index (χ1) is 41.7. The number of hydrogen-bond acceptors (Lipinski definition) is 16. The number of aliphatic hydroxyl groups excluding tert-OH is 2. The number of amides is 2. The van der Waals surface area contributed by atoms with Crippen molar-refractivity contribution in [3.05, 3.63) is 169 Å². The largest absolute Gasteiger partial charge is 0.457 e. The number of nitrogens with one attached hydrogen (secondary N) is 2. The number of fused-ring (bicyclic) bond motifs is 2. The van der Waals surface area contributed by atoms with Crippen molar-refractivity contribution in [3.63, 3.8) is 0 Å². The normalized spacial score (nSPS) is 15.3. The van der Waals surface area contributed by atoms with E-state index in [2.05, 4.69) is 50.8 Å². The molecule has 6 aromatic heterocycles. The van der Waals surface area contributed by atoms with Gasteiger partial charge in [0.1, 0.15) is 57.0 Å². The molecule has 2 aliphatic rings. The fourth-order valence-corrected chi connectivity index (χ4v) is 10.3. The predicted octanol–water partition coefficient (Wildman–Crippen LogP) is 9.46. The molecule has 0 unspecified atom stereocenters. The minimum atomic E-state index is -3.08. The van der Waals surface area contributed by atoms with Crippen molar-refractivity contribution in [2.45, 2.75) is 64.1 Å². The molecule has 0 saturated carbocycles. The number of carbonyl (C=O) groups excluding carboxylic acids is 2. The van der Waals surface area contributed by atoms with Crippen molar-refractivity contribution in [1.29, 1.82) is 0 Å². The zero-order valence-electron chi connectivity index (χ0n) is 46.5. The van der Waals surface area contributed by atoms with E-state index in [9.17, 15) is 37.4 Å². The highest BCUT2D eigenvalue weighted by atomic mass is 19.3. The molecule has 0 aliphatic carbocycles. The highest BCUT2D eigenvalue weighted by Crippen LogP contribution is 2.41. The highest BCUT2D eigenvalue weighted by Gasteiger charge is 2.28. The smallest absolute Gasteiger partial charge is 0.387 e. The quantitative estimate of drug-likeness (QED) is 0.0520. The lowest BCUT2D eigenvalue weighted by molar-refractivity contribution is -0.0501. The molecular weight excluding hydrogens is 1120 g/mol. The Balaban J connectivity index is 0.000000179. The van der Waals surface area contributed by atoms with Crippen molar-refractivity contribution < 1.29 is 56.3 Å². The van der Waals surface area contributed by atoms with Crippen molar-refractivity contribution in [2.75, 3.05) is 36.9 Å². The Bertz CT molecular complexity index is 3990. The molecule has 2 atom stereocenters. The Morgan fingerprint density at radius 3 is 1.47 bits per heavy atom.